The van der Waals surface area contributed by atoms with E-state index in [2.05, 4.69) is 291 Å². The van der Waals surface area contributed by atoms with Gasteiger partial charge in [-0.3, -0.25) is 0 Å². The van der Waals surface area contributed by atoms with Crippen molar-refractivity contribution in [2.75, 3.05) is 0 Å². The molecule has 78 heavy (non-hydrogen) atoms. The standard InChI is InChI=1S/C78H48/c1-5-17-54-41-62(33-27-49(54)13-1)75-67-21-9-11-23-69(67)77(64-35-29-51-15-3-7-19-56(51)43-64)73-47-60(37-39-71(73)75)58-31-25-53-26-32-59(46-66(53)45-58)61-38-40-72-74(48-61)78(65-36-30-52-16-4-8-20-57(52)44-65)70-24-12-10-22-68(70)76(72)63-34-28-50-14-2-6-18-55(50)42-63/h1-48H. The van der Waals surface area contributed by atoms with Crippen molar-refractivity contribution in [2.24, 2.45) is 0 Å². The van der Waals surface area contributed by atoms with Crippen LogP contribution in [0.1, 0.15) is 0 Å². The Balaban J connectivity index is 0.884. The van der Waals surface area contributed by atoms with Crippen LogP contribution in [0.5, 0.6) is 0 Å². The van der Waals surface area contributed by atoms with Crippen molar-refractivity contribution < 1.29 is 0 Å². The van der Waals surface area contributed by atoms with Gasteiger partial charge in [-0.05, 0) is 212 Å². The summed E-state index contributed by atoms with van der Waals surface area (Å²) in [4.78, 5) is 0. The van der Waals surface area contributed by atoms with Crippen molar-refractivity contribution in [3.63, 3.8) is 0 Å². The minimum Gasteiger partial charge on any atom is -0.0616 e. The molecular weight excluding hydrogens is 937 g/mol. The fourth-order valence-corrected chi connectivity index (χ4v) is 12.9. The molecule has 0 atom stereocenters. The first kappa shape index (κ1) is 44.2. The van der Waals surface area contributed by atoms with E-state index in [0.29, 0.717) is 0 Å². The highest BCUT2D eigenvalue weighted by Gasteiger charge is 2.21. The molecule has 0 aliphatic rings. The van der Waals surface area contributed by atoms with E-state index < -0.39 is 0 Å². The van der Waals surface area contributed by atoms with Crippen molar-refractivity contribution in [1.82, 2.24) is 0 Å². The van der Waals surface area contributed by atoms with Crippen molar-refractivity contribution in [1.29, 1.82) is 0 Å². The quantitative estimate of drug-likeness (QED) is 0.146. The van der Waals surface area contributed by atoms with Crippen LogP contribution >= 0.6 is 0 Å². The van der Waals surface area contributed by atoms with Crippen LogP contribution in [-0.2, 0) is 0 Å². The second kappa shape index (κ2) is 17.7. The Kier molecular flexibility index (Phi) is 10.0. The highest BCUT2D eigenvalue weighted by atomic mass is 14.2. The summed E-state index contributed by atoms with van der Waals surface area (Å²) in [5.74, 6) is 0. The van der Waals surface area contributed by atoms with Crippen LogP contribution in [0.25, 0.3) is 164 Å². The van der Waals surface area contributed by atoms with E-state index >= 15 is 0 Å². The van der Waals surface area contributed by atoms with Crippen molar-refractivity contribution in [2.45, 2.75) is 0 Å². The molecule has 0 amide bonds. The summed E-state index contributed by atoms with van der Waals surface area (Å²) in [6.45, 7) is 0. The summed E-state index contributed by atoms with van der Waals surface area (Å²) in [6, 6.07) is 109. The molecule has 0 saturated heterocycles. The first-order valence-corrected chi connectivity index (χ1v) is 27.1. The fraction of sp³-hybridized carbons (Fsp3) is 0. The Morgan fingerprint density at radius 1 is 0.115 bits per heavy atom. The van der Waals surface area contributed by atoms with E-state index in [9.17, 15) is 0 Å². The van der Waals surface area contributed by atoms with Crippen LogP contribution in [0.2, 0.25) is 0 Å². The summed E-state index contributed by atoms with van der Waals surface area (Å²) in [7, 11) is 0. The molecule has 0 aromatic heterocycles. The zero-order valence-electron chi connectivity index (χ0n) is 42.7. The lowest BCUT2D eigenvalue weighted by Gasteiger charge is -2.19. The Morgan fingerprint density at radius 2 is 0.321 bits per heavy atom. The van der Waals surface area contributed by atoms with Crippen LogP contribution in [-0.4, -0.2) is 0 Å². The van der Waals surface area contributed by atoms with Gasteiger partial charge in [0.05, 0.1) is 0 Å². The van der Waals surface area contributed by atoms with Gasteiger partial charge in [-0.1, -0.05) is 243 Å². The maximum Gasteiger partial charge on any atom is -0.00259 e. The van der Waals surface area contributed by atoms with Gasteiger partial charge in [0.1, 0.15) is 0 Å². The van der Waals surface area contributed by atoms with E-state index in [1.165, 1.54) is 164 Å². The third-order valence-corrected chi connectivity index (χ3v) is 16.7. The number of hydrogen-bond acceptors (Lipinski definition) is 0. The van der Waals surface area contributed by atoms with Crippen molar-refractivity contribution in [3.8, 4) is 66.8 Å². The number of fused-ring (bicyclic) bond motifs is 9. The molecule has 0 saturated carbocycles. The SMILES string of the molecule is c1ccc2cc(-c3c4ccccc4c(-c4ccc5ccccc5c4)c4cc(-c5ccc6ccc(-c7ccc8c(-c9ccc%10ccccc%10c9)c9ccccc9c(-c9ccc%10ccccc%10c9)c8c7)cc6c5)ccc34)ccc2c1. The van der Waals surface area contributed by atoms with E-state index in [0.717, 1.165) is 0 Å². The molecule has 0 aliphatic carbocycles. The lowest BCUT2D eigenvalue weighted by atomic mass is 9.84. The van der Waals surface area contributed by atoms with E-state index in [1.807, 2.05) is 0 Å². The molecule has 0 aliphatic heterocycles. The second-order valence-electron chi connectivity index (χ2n) is 21.1. The highest BCUT2D eigenvalue weighted by molar-refractivity contribution is 6.24. The molecule has 0 fully saturated rings. The molecule has 0 heteroatoms. The van der Waals surface area contributed by atoms with Gasteiger partial charge in [0.2, 0.25) is 0 Å². The molecule has 0 bridgehead atoms. The third-order valence-electron chi connectivity index (χ3n) is 16.7. The summed E-state index contributed by atoms with van der Waals surface area (Å²) < 4.78 is 0. The molecule has 0 spiro atoms. The first-order chi connectivity index (χ1) is 38.6. The number of benzene rings is 16. The van der Waals surface area contributed by atoms with Crippen molar-refractivity contribution >= 4 is 97.0 Å². The van der Waals surface area contributed by atoms with Gasteiger partial charge in [0.25, 0.3) is 0 Å². The van der Waals surface area contributed by atoms with E-state index in [1.54, 1.807) is 0 Å². The lowest BCUT2D eigenvalue weighted by Crippen LogP contribution is -1.92. The molecule has 0 heterocycles. The molecule has 0 unspecified atom stereocenters. The third kappa shape index (κ3) is 7.22. The summed E-state index contributed by atoms with van der Waals surface area (Å²) in [6.07, 6.45) is 0. The van der Waals surface area contributed by atoms with Crippen LogP contribution in [0.4, 0.5) is 0 Å². The maximum atomic E-state index is 2.46. The Morgan fingerprint density at radius 3 is 0.641 bits per heavy atom. The van der Waals surface area contributed by atoms with Gasteiger partial charge in [-0.15, -0.1) is 0 Å². The maximum absolute atomic E-state index is 2.46. The van der Waals surface area contributed by atoms with Gasteiger partial charge < -0.3 is 0 Å². The minimum atomic E-state index is 1.19. The molecule has 0 radical (unpaired) electrons. The molecule has 16 aromatic carbocycles. The Labute approximate surface area is 452 Å². The lowest BCUT2D eigenvalue weighted by molar-refractivity contribution is 1.64. The van der Waals surface area contributed by atoms with Gasteiger partial charge in [-0.2, -0.15) is 0 Å². The molecular formula is C78H48. The molecule has 0 nitrogen and oxygen atoms in total. The second-order valence-corrected chi connectivity index (χ2v) is 21.1. The topological polar surface area (TPSA) is 0 Å². The number of rotatable bonds is 6. The summed E-state index contributed by atoms with van der Waals surface area (Å²) in [5, 5.41) is 22.3. The van der Waals surface area contributed by atoms with Crippen LogP contribution in [0.15, 0.2) is 291 Å². The van der Waals surface area contributed by atoms with Crippen LogP contribution in [0, 0.1) is 0 Å². The largest absolute Gasteiger partial charge is 0.0616 e. The summed E-state index contributed by atoms with van der Waals surface area (Å²) in [5.41, 5.74) is 14.7. The van der Waals surface area contributed by atoms with E-state index in [-0.39, 0.29) is 0 Å². The van der Waals surface area contributed by atoms with E-state index in [4.69, 9.17) is 0 Å². The fourth-order valence-electron chi connectivity index (χ4n) is 12.9. The van der Waals surface area contributed by atoms with Crippen molar-refractivity contribution in [3.05, 3.63) is 291 Å². The first-order valence-electron chi connectivity index (χ1n) is 27.1. The Hall–Kier alpha value is -10.1. The summed E-state index contributed by atoms with van der Waals surface area (Å²) >= 11 is 0. The van der Waals surface area contributed by atoms with Crippen LogP contribution in [0.3, 0.4) is 0 Å². The predicted octanol–water partition coefficient (Wildman–Crippen LogP) is 22.1. The monoisotopic (exact) mass is 984 g/mol. The predicted molar refractivity (Wildman–Crippen MR) is 337 cm³/mol. The average Bonchev–Trinajstić information content (AvgIpc) is 3.56. The smallest absolute Gasteiger partial charge is 0.00259 e. The zero-order valence-corrected chi connectivity index (χ0v) is 42.7. The molecule has 16 aromatic rings. The van der Waals surface area contributed by atoms with Gasteiger partial charge in [-0.25, -0.2) is 0 Å². The average molecular weight is 985 g/mol. The zero-order chi connectivity index (χ0) is 51.3. The van der Waals surface area contributed by atoms with Crippen LogP contribution < -0.4 is 0 Å². The Bertz CT molecular complexity index is 4830. The van der Waals surface area contributed by atoms with Gasteiger partial charge in [0, 0.05) is 0 Å². The molecule has 0 N–H and O–H groups in total. The molecule has 360 valence electrons. The molecule has 16 rings (SSSR count). The number of hydrogen-bond donors (Lipinski definition) is 0. The minimum absolute atomic E-state index is 1.19. The highest BCUT2D eigenvalue weighted by Crippen LogP contribution is 2.48. The van der Waals surface area contributed by atoms with Gasteiger partial charge >= 0.3 is 0 Å². The van der Waals surface area contributed by atoms with Gasteiger partial charge in [0.15, 0.2) is 0 Å². The normalized spacial score (nSPS) is 11.8.